The van der Waals surface area contributed by atoms with Crippen molar-refractivity contribution in [2.75, 3.05) is 20.1 Å². The van der Waals surface area contributed by atoms with Gasteiger partial charge in [0.15, 0.2) is 0 Å². The van der Waals surface area contributed by atoms with Gasteiger partial charge in [-0.25, -0.2) is 4.98 Å². The van der Waals surface area contributed by atoms with E-state index in [9.17, 15) is 4.79 Å². The number of aromatic amines is 1. The van der Waals surface area contributed by atoms with E-state index in [1.807, 2.05) is 0 Å². The van der Waals surface area contributed by atoms with Gasteiger partial charge in [0, 0.05) is 19.1 Å². The molecule has 0 bridgehead atoms. The zero-order valence-corrected chi connectivity index (χ0v) is 11.1. The third-order valence-electron chi connectivity index (χ3n) is 3.50. The Balaban J connectivity index is 1.70. The number of likely N-dealkylation sites (N-methyl/N-ethyl adjacent to an activating group) is 1. The molecule has 0 spiro atoms. The van der Waals surface area contributed by atoms with Gasteiger partial charge in [0.1, 0.15) is 5.82 Å². The van der Waals surface area contributed by atoms with Crippen molar-refractivity contribution in [2.24, 2.45) is 0 Å². The molecule has 6 heteroatoms. The van der Waals surface area contributed by atoms with Crippen LogP contribution < -0.4 is 5.32 Å². The predicted molar refractivity (Wildman–Crippen MR) is 68.3 cm³/mol. The first kappa shape index (κ1) is 13.0. The Morgan fingerprint density at radius 1 is 1.50 bits per heavy atom. The molecule has 1 fully saturated rings. The van der Waals surface area contributed by atoms with Gasteiger partial charge in [-0.05, 0) is 26.8 Å². The molecule has 2 rings (SSSR count). The van der Waals surface area contributed by atoms with Crippen LogP contribution in [0.5, 0.6) is 0 Å². The van der Waals surface area contributed by atoms with Gasteiger partial charge in [-0.3, -0.25) is 9.89 Å². The Hall–Kier alpha value is -1.43. The fourth-order valence-electron chi connectivity index (χ4n) is 2.40. The normalized spacial score (nSPS) is 16.4. The zero-order chi connectivity index (χ0) is 13.0. The molecule has 2 N–H and O–H groups in total. The number of aromatic nitrogens is 3. The van der Waals surface area contributed by atoms with E-state index in [-0.39, 0.29) is 11.7 Å². The van der Waals surface area contributed by atoms with Crippen molar-refractivity contribution in [3.8, 4) is 0 Å². The summed E-state index contributed by atoms with van der Waals surface area (Å²) in [6.45, 7) is 3.29. The first-order valence-corrected chi connectivity index (χ1v) is 6.54. The molecular weight excluding hydrogens is 230 g/mol. The number of nitrogens with zero attached hydrogens (tertiary/aromatic N) is 3. The van der Waals surface area contributed by atoms with Gasteiger partial charge in [-0.2, -0.15) is 0 Å². The van der Waals surface area contributed by atoms with Crippen LogP contribution in [-0.2, 0) is 0 Å². The van der Waals surface area contributed by atoms with Crippen LogP contribution in [0.2, 0.25) is 0 Å². The molecule has 1 aliphatic rings. The largest absolute Gasteiger partial charge is 0.348 e. The standard InChI is InChI=1S/C12H21N5O/c1-9-14-11(16-15-9)12(18)13-7-8-17(2)10-5-3-4-6-10/h10H,3-8H2,1-2H3,(H,13,18)(H,14,15,16). The third-order valence-corrected chi connectivity index (χ3v) is 3.50. The quantitative estimate of drug-likeness (QED) is 0.808. The lowest BCUT2D eigenvalue weighted by atomic mass is 10.2. The molecule has 1 aromatic rings. The minimum Gasteiger partial charge on any atom is -0.348 e. The SMILES string of the molecule is Cc1nc(C(=O)NCCN(C)C2CCCC2)n[nH]1. The molecule has 0 unspecified atom stereocenters. The molecule has 6 nitrogen and oxygen atoms in total. The van der Waals surface area contributed by atoms with E-state index in [2.05, 4.69) is 32.4 Å². The van der Waals surface area contributed by atoms with E-state index < -0.39 is 0 Å². The predicted octanol–water partition coefficient (Wildman–Crippen LogP) is 0.717. The summed E-state index contributed by atoms with van der Waals surface area (Å²) in [4.78, 5) is 18.0. The van der Waals surface area contributed by atoms with Gasteiger partial charge in [0.25, 0.3) is 5.91 Å². The van der Waals surface area contributed by atoms with Crippen molar-refractivity contribution in [1.82, 2.24) is 25.4 Å². The average Bonchev–Trinajstić information content (AvgIpc) is 2.99. The number of aryl methyl sites for hydroxylation is 1. The fourth-order valence-corrected chi connectivity index (χ4v) is 2.40. The number of H-pyrrole nitrogens is 1. The van der Waals surface area contributed by atoms with Crippen LogP contribution in [0.1, 0.15) is 42.1 Å². The van der Waals surface area contributed by atoms with Gasteiger partial charge >= 0.3 is 0 Å². The number of rotatable bonds is 5. The van der Waals surface area contributed by atoms with Gasteiger partial charge in [0.2, 0.25) is 5.82 Å². The van der Waals surface area contributed by atoms with E-state index in [0.717, 1.165) is 6.54 Å². The van der Waals surface area contributed by atoms with E-state index >= 15 is 0 Å². The van der Waals surface area contributed by atoms with Crippen LogP contribution in [0.25, 0.3) is 0 Å². The molecule has 1 aromatic heterocycles. The lowest BCUT2D eigenvalue weighted by Gasteiger charge is -2.23. The lowest BCUT2D eigenvalue weighted by Crippen LogP contribution is -2.37. The molecule has 1 amide bonds. The smallest absolute Gasteiger partial charge is 0.291 e. The summed E-state index contributed by atoms with van der Waals surface area (Å²) in [6, 6.07) is 0.688. The lowest BCUT2D eigenvalue weighted by molar-refractivity contribution is 0.0937. The second-order valence-corrected chi connectivity index (χ2v) is 4.92. The first-order valence-electron chi connectivity index (χ1n) is 6.54. The number of hydrogen-bond donors (Lipinski definition) is 2. The van der Waals surface area contributed by atoms with Crippen molar-refractivity contribution in [3.05, 3.63) is 11.6 Å². The van der Waals surface area contributed by atoms with Gasteiger partial charge in [0.05, 0.1) is 0 Å². The molecule has 0 saturated heterocycles. The van der Waals surface area contributed by atoms with Crippen LogP contribution >= 0.6 is 0 Å². The molecule has 1 aliphatic carbocycles. The molecule has 0 atom stereocenters. The molecule has 0 radical (unpaired) electrons. The van der Waals surface area contributed by atoms with E-state index in [1.54, 1.807) is 6.92 Å². The molecule has 1 saturated carbocycles. The Labute approximate surface area is 107 Å². The second kappa shape index (κ2) is 5.95. The van der Waals surface area contributed by atoms with Crippen LogP contribution in [0.15, 0.2) is 0 Å². The zero-order valence-electron chi connectivity index (χ0n) is 11.1. The topological polar surface area (TPSA) is 73.9 Å². The third kappa shape index (κ3) is 3.29. The molecule has 0 aliphatic heterocycles. The van der Waals surface area contributed by atoms with E-state index in [1.165, 1.54) is 25.7 Å². The van der Waals surface area contributed by atoms with Crippen molar-refractivity contribution in [1.29, 1.82) is 0 Å². The molecule has 18 heavy (non-hydrogen) atoms. The highest BCUT2D eigenvalue weighted by Gasteiger charge is 2.19. The Bertz CT molecular complexity index is 397. The van der Waals surface area contributed by atoms with Crippen molar-refractivity contribution in [3.63, 3.8) is 0 Å². The summed E-state index contributed by atoms with van der Waals surface area (Å²) in [6.07, 6.45) is 5.23. The maximum Gasteiger partial charge on any atom is 0.291 e. The highest BCUT2D eigenvalue weighted by Crippen LogP contribution is 2.21. The number of carbonyl (C=O) groups excluding carboxylic acids is 1. The van der Waals surface area contributed by atoms with Gasteiger partial charge < -0.3 is 10.2 Å². The minimum atomic E-state index is -0.209. The summed E-state index contributed by atoms with van der Waals surface area (Å²) in [5.41, 5.74) is 0. The van der Waals surface area contributed by atoms with Crippen LogP contribution in [0.3, 0.4) is 0 Å². The van der Waals surface area contributed by atoms with Crippen LogP contribution in [0.4, 0.5) is 0 Å². The summed E-state index contributed by atoms with van der Waals surface area (Å²) < 4.78 is 0. The Morgan fingerprint density at radius 2 is 2.22 bits per heavy atom. The summed E-state index contributed by atoms with van der Waals surface area (Å²) >= 11 is 0. The molecule has 1 heterocycles. The van der Waals surface area contributed by atoms with Gasteiger partial charge in [-0.15, -0.1) is 5.10 Å². The van der Waals surface area contributed by atoms with Crippen LogP contribution in [-0.4, -0.2) is 52.2 Å². The summed E-state index contributed by atoms with van der Waals surface area (Å²) in [5, 5.41) is 9.33. The number of hydrogen-bond acceptors (Lipinski definition) is 4. The van der Waals surface area contributed by atoms with Gasteiger partial charge in [-0.1, -0.05) is 12.8 Å². The van der Waals surface area contributed by atoms with Crippen molar-refractivity contribution < 1.29 is 4.79 Å². The minimum absolute atomic E-state index is 0.209. The molecule has 0 aromatic carbocycles. The number of amides is 1. The average molecular weight is 251 g/mol. The number of carbonyl (C=O) groups is 1. The van der Waals surface area contributed by atoms with E-state index in [4.69, 9.17) is 0 Å². The fraction of sp³-hybridized carbons (Fsp3) is 0.750. The molecule has 100 valence electrons. The Kier molecular flexibility index (Phi) is 4.30. The highest BCUT2D eigenvalue weighted by molar-refractivity contribution is 5.90. The van der Waals surface area contributed by atoms with Crippen molar-refractivity contribution >= 4 is 5.91 Å². The second-order valence-electron chi connectivity index (χ2n) is 4.92. The summed E-state index contributed by atoms with van der Waals surface area (Å²) in [5.74, 6) is 0.665. The van der Waals surface area contributed by atoms with Crippen molar-refractivity contribution in [2.45, 2.75) is 38.6 Å². The maximum atomic E-state index is 11.7. The Morgan fingerprint density at radius 3 is 2.83 bits per heavy atom. The monoisotopic (exact) mass is 251 g/mol. The maximum absolute atomic E-state index is 11.7. The first-order chi connectivity index (χ1) is 8.66. The molecular formula is C12H21N5O. The van der Waals surface area contributed by atoms with E-state index in [0.29, 0.717) is 18.4 Å². The summed E-state index contributed by atoms with van der Waals surface area (Å²) in [7, 11) is 2.12. The number of nitrogens with one attached hydrogen (secondary N) is 2. The highest BCUT2D eigenvalue weighted by atomic mass is 16.2. The van der Waals surface area contributed by atoms with Crippen LogP contribution in [0, 0.1) is 6.92 Å².